The van der Waals surface area contributed by atoms with Gasteiger partial charge in [0.25, 0.3) is 5.91 Å². The highest BCUT2D eigenvalue weighted by atomic mass is 32.2. The Morgan fingerprint density at radius 3 is 2.37 bits per heavy atom. The minimum Gasteiger partial charge on any atom is -0.321 e. The Labute approximate surface area is 158 Å². The highest BCUT2D eigenvalue weighted by Crippen LogP contribution is 2.35. The third kappa shape index (κ3) is 3.40. The van der Waals surface area contributed by atoms with Crippen molar-refractivity contribution >= 4 is 38.1 Å². The molecule has 0 aromatic heterocycles. The molecule has 6 heteroatoms. The van der Waals surface area contributed by atoms with Gasteiger partial charge < -0.3 is 5.32 Å². The number of aryl methyl sites for hydroxylation is 3. The van der Waals surface area contributed by atoms with Crippen LogP contribution >= 0.6 is 0 Å². The number of hydrogen-bond donors (Lipinski definition) is 2. The molecule has 2 N–H and O–H groups in total. The highest BCUT2D eigenvalue weighted by molar-refractivity contribution is 7.92. The van der Waals surface area contributed by atoms with Crippen molar-refractivity contribution in [1.82, 2.24) is 0 Å². The summed E-state index contributed by atoms with van der Waals surface area (Å²) in [4.78, 5) is 12.7. The van der Waals surface area contributed by atoms with Crippen LogP contribution in [0.25, 0.3) is 10.8 Å². The minimum atomic E-state index is -3.36. The molecule has 0 heterocycles. The topological polar surface area (TPSA) is 75.3 Å². The SMILES string of the molecule is Cc1cc(C(=O)Nc2ccc3c4c(cccc24)CC3)ccc1NS(C)(=O)=O. The molecule has 27 heavy (non-hydrogen) atoms. The Kier molecular flexibility index (Phi) is 4.15. The van der Waals surface area contributed by atoms with E-state index in [1.54, 1.807) is 25.1 Å². The number of rotatable bonds is 4. The van der Waals surface area contributed by atoms with Gasteiger partial charge in [0.05, 0.1) is 11.9 Å². The van der Waals surface area contributed by atoms with Crippen molar-refractivity contribution in [2.45, 2.75) is 19.8 Å². The van der Waals surface area contributed by atoms with Crippen LogP contribution in [0.1, 0.15) is 27.0 Å². The number of anilines is 2. The lowest BCUT2D eigenvalue weighted by Crippen LogP contribution is -2.14. The minimum absolute atomic E-state index is 0.220. The van der Waals surface area contributed by atoms with Crippen LogP contribution in [0.3, 0.4) is 0 Å². The van der Waals surface area contributed by atoms with E-state index in [1.165, 1.54) is 16.5 Å². The second-order valence-electron chi connectivity index (χ2n) is 6.97. The number of nitrogens with one attached hydrogen (secondary N) is 2. The van der Waals surface area contributed by atoms with Crippen molar-refractivity contribution in [3.8, 4) is 0 Å². The van der Waals surface area contributed by atoms with E-state index in [0.717, 1.165) is 30.2 Å². The van der Waals surface area contributed by atoms with E-state index in [2.05, 4.69) is 22.2 Å². The van der Waals surface area contributed by atoms with Gasteiger partial charge in [-0.3, -0.25) is 9.52 Å². The number of sulfonamides is 1. The van der Waals surface area contributed by atoms with Gasteiger partial charge in [0.2, 0.25) is 10.0 Å². The fourth-order valence-corrected chi connectivity index (χ4v) is 4.30. The van der Waals surface area contributed by atoms with Crippen LogP contribution in [0, 0.1) is 6.92 Å². The van der Waals surface area contributed by atoms with Crippen molar-refractivity contribution < 1.29 is 13.2 Å². The second-order valence-corrected chi connectivity index (χ2v) is 8.72. The molecule has 4 rings (SSSR count). The summed E-state index contributed by atoms with van der Waals surface area (Å²) in [5, 5.41) is 5.31. The van der Waals surface area contributed by atoms with Gasteiger partial charge in [-0.05, 0) is 66.1 Å². The first-order valence-electron chi connectivity index (χ1n) is 8.75. The molecule has 0 aliphatic heterocycles. The van der Waals surface area contributed by atoms with Crippen LogP contribution in [-0.2, 0) is 22.9 Å². The lowest BCUT2D eigenvalue weighted by molar-refractivity contribution is 0.102. The largest absolute Gasteiger partial charge is 0.321 e. The maximum absolute atomic E-state index is 12.7. The van der Waals surface area contributed by atoms with Crippen LogP contribution < -0.4 is 10.0 Å². The summed E-state index contributed by atoms with van der Waals surface area (Å²) in [6, 6.07) is 15.2. The number of hydrogen-bond acceptors (Lipinski definition) is 3. The van der Waals surface area contributed by atoms with E-state index in [-0.39, 0.29) is 5.91 Å². The fourth-order valence-electron chi connectivity index (χ4n) is 3.67. The van der Waals surface area contributed by atoms with Crippen molar-refractivity contribution in [1.29, 1.82) is 0 Å². The quantitative estimate of drug-likeness (QED) is 0.721. The summed E-state index contributed by atoms with van der Waals surface area (Å²) in [6.07, 6.45) is 3.18. The number of carbonyl (C=O) groups is 1. The Morgan fingerprint density at radius 2 is 1.67 bits per heavy atom. The van der Waals surface area contributed by atoms with Gasteiger partial charge in [-0.15, -0.1) is 0 Å². The van der Waals surface area contributed by atoms with Gasteiger partial charge >= 0.3 is 0 Å². The molecule has 3 aromatic carbocycles. The fraction of sp³-hybridized carbons (Fsp3) is 0.190. The molecule has 3 aromatic rings. The summed E-state index contributed by atoms with van der Waals surface area (Å²) in [7, 11) is -3.36. The second kappa shape index (κ2) is 6.39. The molecule has 0 atom stereocenters. The van der Waals surface area contributed by atoms with Gasteiger partial charge in [-0.1, -0.05) is 24.3 Å². The number of benzene rings is 3. The number of amides is 1. The monoisotopic (exact) mass is 380 g/mol. The molecular formula is C21H20N2O3S. The molecule has 5 nitrogen and oxygen atoms in total. The Morgan fingerprint density at radius 1 is 0.963 bits per heavy atom. The third-order valence-corrected chi connectivity index (χ3v) is 5.50. The van der Waals surface area contributed by atoms with Crippen molar-refractivity contribution in [3.05, 3.63) is 70.8 Å². The molecule has 1 aliphatic carbocycles. The normalized spacial score (nSPS) is 13.0. The Hall–Kier alpha value is -2.86. The van der Waals surface area contributed by atoms with E-state index in [0.29, 0.717) is 16.8 Å². The van der Waals surface area contributed by atoms with Gasteiger partial charge in [-0.25, -0.2) is 8.42 Å². The summed E-state index contributed by atoms with van der Waals surface area (Å²) in [6.45, 7) is 1.77. The van der Waals surface area contributed by atoms with Crippen LogP contribution in [-0.4, -0.2) is 20.6 Å². The summed E-state index contributed by atoms with van der Waals surface area (Å²) < 4.78 is 25.3. The Balaban J connectivity index is 1.64. The predicted molar refractivity (Wildman–Crippen MR) is 109 cm³/mol. The lowest BCUT2D eigenvalue weighted by Gasteiger charge is -2.12. The average molecular weight is 380 g/mol. The number of carbonyl (C=O) groups excluding carboxylic acids is 1. The lowest BCUT2D eigenvalue weighted by atomic mass is 10.0. The van der Waals surface area contributed by atoms with Gasteiger partial charge in [0.1, 0.15) is 0 Å². The molecule has 0 spiro atoms. The highest BCUT2D eigenvalue weighted by Gasteiger charge is 2.17. The van der Waals surface area contributed by atoms with Crippen molar-refractivity contribution in [2.75, 3.05) is 16.3 Å². The molecule has 0 fully saturated rings. The summed E-state index contributed by atoms with van der Waals surface area (Å²) in [5.74, 6) is -0.220. The zero-order chi connectivity index (χ0) is 19.2. The van der Waals surface area contributed by atoms with Gasteiger partial charge in [0.15, 0.2) is 0 Å². The standard InChI is InChI=1S/C21H20N2O3S/c1-13-12-16(9-10-18(13)23-27(2,25)26)21(24)22-19-11-8-15-7-6-14-4-3-5-17(19)20(14)15/h3-5,8-12,23H,6-7H2,1-2H3,(H,22,24). The van der Waals surface area contributed by atoms with Crippen LogP contribution in [0.15, 0.2) is 48.5 Å². The third-order valence-electron chi connectivity index (χ3n) is 4.91. The molecule has 0 radical (unpaired) electrons. The smallest absolute Gasteiger partial charge is 0.255 e. The zero-order valence-electron chi connectivity index (χ0n) is 15.2. The van der Waals surface area contributed by atoms with E-state index in [4.69, 9.17) is 0 Å². The van der Waals surface area contributed by atoms with Gasteiger partial charge in [0, 0.05) is 16.6 Å². The molecular weight excluding hydrogens is 360 g/mol. The Bertz CT molecular complexity index is 1170. The van der Waals surface area contributed by atoms with Gasteiger partial charge in [-0.2, -0.15) is 0 Å². The molecule has 0 saturated carbocycles. The molecule has 1 aliphatic rings. The molecule has 0 unspecified atom stereocenters. The maximum atomic E-state index is 12.7. The summed E-state index contributed by atoms with van der Waals surface area (Å²) in [5.41, 5.74) is 5.08. The van der Waals surface area contributed by atoms with Crippen LogP contribution in [0.2, 0.25) is 0 Å². The maximum Gasteiger partial charge on any atom is 0.255 e. The zero-order valence-corrected chi connectivity index (χ0v) is 16.0. The van der Waals surface area contributed by atoms with E-state index >= 15 is 0 Å². The first-order valence-corrected chi connectivity index (χ1v) is 10.6. The van der Waals surface area contributed by atoms with Crippen molar-refractivity contribution in [3.63, 3.8) is 0 Å². The molecule has 1 amide bonds. The molecule has 0 saturated heterocycles. The molecule has 138 valence electrons. The predicted octanol–water partition coefficient (Wildman–Crippen LogP) is 3.87. The average Bonchev–Trinajstić information content (AvgIpc) is 3.03. The van der Waals surface area contributed by atoms with Crippen molar-refractivity contribution in [2.24, 2.45) is 0 Å². The van der Waals surface area contributed by atoms with Crippen LogP contribution in [0.5, 0.6) is 0 Å². The van der Waals surface area contributed by atoms with E-state index < -0.39 is 10.0 Å². The van der Waals surface area contributed by atoms with E-state index in [1.807, 2.05) is 18.2 Å². The first-order chi connectivity index (χ1) is 12.8. The van der Waals surface area contributed by atoms with Crippen LogP contribution in [0.4, 0.5) is 11.4 Å². The first kappa shape index (κ1) is 17.5. The molecule has 0 bridgehead atoms. The summed E-state index contributed by atoms with van der Waals surface area (Å²) >= 11 is 0. The van der Waals surface area contributed by atoms with E-state index in [9.17, 15) is 13.2 Å².